The fourth-order valence-electron chi connectivity index (χ4n) is 0.773. The lowest BCUT2D eigenvalue weighted by Gasteiger charge is -2.45. The minimum Gasteiger partial charge on any atom is -0.274 e. The molecule has 0 N–H and O–H groups in total. The Bertz CT molecular complexity index is 157. The minimum absolute atomic E-state index is 0.537. The molecule has 90 valence electrons. The van der Waals surface area contributed by atoms with Gasteiger partial charge in [-0.05, 0) is 64.7 Å². The molecule has 4 heteroatoms. The maximum atomic E-state index is 2.40. The number of rotatable bonds is 5. The van der Waals surface area contributed by atoms with E-state index in [1.54, 1.807) is 0 Å². The minimum atomic E-state index is -0.537. The Morgan fingerprint density at radius 3 is 1.00 bits per heavy atom. The van der Waals surface area contributed by atoms with E-state index >= 15 is 0 Å². The van der Waals surface area contributed by atoms with Crippen molar-refractivity contribution < 1.29 is 0 Å². The van der Waals surface area contributed by atoms with Gasteiger partial charge in [-0.15, -0.1) is 0 Å². The summed E-state index contributed by atoms with van der Waals surface area (Å²) in [6.07, 6.45) is 9.60. The van der Waals surface area contributed by atoms with Gasteiger partial charge in [-0.1, -0.05) is 0 Å². The van der Waals surface area contributed by atoms with E-state index in [0.29, 0.717) is 0 Å². The van der Waals surface area contributed by atoms with Gasteiger partial charge in [0.15, 0.2) is 0 Å². The van der Waals surface area contributed by atoms with Crippen LogP contribution in [-0.2, 0) is 0 Å². The first-order chi connectivity index (χ1) is 6.09. The normalized spacial score (nSPS) is 16.4. The van der Waals surface area contributed by atoms with Gasteiger partial charge >= 0.3 is 0 Å². The van der Waals surface area contributed by atoms with Crippen LogP contribution >= 0.6 is 20.4 Å². The molecule has 0 amide bonds. The van der Waals surface area contributed by atoms with Crippen molar-refractivity contribution in [2.75, 3.05) is 64.7 Å². The van der Waals surface area contributed by atoms with Gasteiger partial charge < -0.3 is 0 Å². The van der Waals surface area contributed by atoms with Gasteiger partial charge in [-0.3, -0.25) is 8.61 Å². The van der Waals surface area contributed by atoms with Gasteiger partial charge in [0.2, 0.25) is 0 Å². The Balaban J connectivity index is 4.18. The van der Waals surface area contributed by atoms with E-state index < -0.39 is 20.4 Å². The van der Waals surface area contributed by atoms with Crippen LogP contribution in [0.4, 0.5) is 0 Å². The van der Waals surface area contributed by atoms with Crippen LogP contribution in [-0.4, -0.2) is 73.3 Å². The van der Waals surface area contributed by atoms with Crippen molar-refractivity contribution in [3.05, 3.63) is 0 Å². The molecule has 14 heavy (non-hydrogen) atoms. The molecule has 2 nitrogen and oxygen atoms in total. The van der Waals surface area contributed by atoms with Crippen LogP contribution in [0.5, 0.6) is 0 Å². The van der Waals surface area contributed by atoms with Crippen LogP contribution in [0.1, 0.15) is 0 Å². The van der Waals surface area contributed by atoms with E-state index in [9.17, 15) is 0 Å². The molecule has 0 aromatic carbocycles. The van der Waals surface area contributed by atoms with Crippen molar-refractivity contribution in [2.24, 2.45) is 0 Å². The molecule has 0 saturated carbocycles. The molecule has 0 spiro atoms. The van der Waals surface area contributed by atoms with Gasteiger partial charge in [0.1, 0.15) is 0 Å². The molecule has 0 radical (unpaired) electrons. The van der Waals surface area contributed by atoms with Crippen molar-refractivity contribution in [1.29, 1.82) is 0 Å². The van der Waals surface area contributed by atoms with Gasteiger partial charge in [-0.2, -0.15) is 20.4 Å². The Hall–Kier alpha value is 0.620. The second-order valence-electron chi connectivity index (χ2n) is 4.99. The lowest BCUT2D eigenvalue weighted by Crippen LogP contribution is -2.27. The largest absolute Gasteiger partial charge is 0.274 e. The van der Waals surface area contributed by atoms with E-state index in [-0.39, 0.29) is 0 Å². The highest BCUT2D eigenvalue weighted by Crippen LogP contribution is 2.48. The third-order valence-corrected chi connectivity index (χ3v) is 9.68. The Morgan fingerprint density at radius 2 is 0.857 bits per heavy atom. The summed E-state index contributed by atoms with van der Waals surface area (Å²) in [4.78, 5) is 0. The Kier molecular flexibility index (Phi) is 5.33. The van der Waals surface area contributed by atoms with E-state index in [0.717, 1.165) is 0 Å². The molecule has 0 rings (SSSR count). The molecule has 0 fully saturated rings. The zero-order chi connectivity index (χ0) is 11.6. The molecule has 0 heterocycles. The molecule has 0 aliphatic rings. The quantitative estimate of drug-likeness (QED) is 0.726. The summed E-state index contributed by atoms with van der Waals surface area (Å²) in [5, 5.41) is 0. The van der Waals surface area contributed by atoms with E-state index in [2.05, 4.69) is 61.8 Å². The van der Waals surface area contributed by atoms with E-state index in [1.165, 1.54) is 11.5 Å². The topological polar surface area (TPSA) is 6.48 Å². The zero-order valence-corrected chi connectivity index (χ0v) is 12.8. The van der Waals surface area contributed by atoms with Crippen LogP contribution in [0.15, 0.2) is 0 Å². The standard InChI is InChI=1S/C10H28N2S2/c1-11(2)13(5,6)9-10-14(7,8)12(3)4/h9-10H2,1-8H3. The average Bonchev–Trinajstić information content (AvgIpc) is 2.01. The van der Waals surface area contributed by atoms with Gasteiger partial charge in [0, 0.05) is 0 Å². The van der Waals surface area contributed by atoms with Crippen molar-refractivity contribution in [1.82, 2.24) is 8.61 Å². The predicted molar refractivity (Wildman–Crippen MR) is 76.0 cm³/mol. The molecule has 0 aliphatic heterocycles. The molecule has 0 atom stereocenters. The molecule has 0 bridgehead atoms. The van der Waals surface area contributed by atoms with Crippen molar-refractivity contribution in [2.45, 2.75) is 0 Å². The van der Waals surface area contributed by atoms with Crippen molar-refractivity contribution in [3.63, 3.8) is 0 Å². The lowest BCUT2D eigenvalue weighted by atomic mass is 11.0. The molecule has 0 aromatic rings. The fraction of sp³-hybridized carbons (Fsp3) is 1.00. The third-order valence-electron chi connectivity index (χ3n) is 3.06. The summed E-state index contributed by atoms with van der Waals surface area (Å²) in [7, 11) is 7.73. The van der Waals surface area contributed by atoms with Gasteiger partial charge in [0.05, 0.1) is 0 Å². The summed E-state index contributed by atoms with van der Waals surface area (Å²) in [6, 6.07) is 0. The highest BCUT2D eigenvalue weighted by Gasteiger charge is 2.20. The van der Waals surface area contributed by atoms with Crippen molar-refractivity contribution in [3.8, 4) is 0 Å². The average molecular weight is 240 g/mol. The summed E-state index contributed by atoms with van der Waals surface area (Å²) in [6.45, 7) is 0. The van der Waals surface area contributed by atoms with E-state index in [4.69, 9.17) is 0 Å². The zero-order valence-electron chi connectivity index (χ0n) is 11.1. The SMILES string of the molecule is CN(C)S(C)(C)CCS(C)(C)N(C)C. The lowest BCUT2D eigenvalue weighted by molar-refractivity contribution is 0.677. The molecule has 0 aliphatic carbocycles. The maximum absolute atomic E-state index is 2.40. The number of hydrogen-bond acceptors (Lipinski definition) is 2. The highest BCUT2D eigenvalue weighted by molar-refractivity contribution is 8.33. The van der Waals surface area contributed by atoms with Crippen LogP contribution in [0, 0.1) is 0 Å². The molecule has 0 unspecified atom stereocenters. The summed E-state index contributed by atoms with van der Waals surface area (Å²) >= 11 is 0. The summed E-state index contributed by atoms with van der Waals surface area (Å²) in [5.41, 5.74) is 0. The third kappa shape index (κ3) is 4.43. The van der Waals surface area contributed by atoms with Gasteiger partial charge in [0.25, 0.3) is 0 Å². The second-order valence-corrected chi connectivity index (χ2v) is 13.2. The van der Waals surface area contributed by atoms with Gasteiger partial charge in [-0.25, -0.2) is 0 Å². The maximum Gasteiger partial charge on any atom is -0.00253 e. The number of hydrogen-bond donors (Lipinski definition) is 0. The molecular formula is C10H28N2S2. The van der Waals surface area contributed by atoms with E-state index in [1.807, 2.05) is 0 Å². The molecule has 0 aromatic heterocycles. The van der Waals surface area contributed by atoms with Crippen LogP contribution < -0.4 is 0 Å². The van der Waals surface area contributed by atoms with Crippen LogP contribution in [0.25, 0.3) is 0 Å². The Morgan fingerprint density at radius 1 is 0.643 bits per heavy atom. The van der Waals surface area contributed by atoms with Crippen LogP contribution in [0.2, 0.25) is 0 Å². The molecule has 0 saturated heterocycles. The summed E-state index contributed by atoms with van der Waals surface area (Å²) < 4.78 is 4.80. The number of nitrogens with zero attached hydrogens (tertiary/aromatic N) is 2. The highest BCUT2D eigenvalue weighted by atomic mass is 32.3. The Labute approximate surface area is 93.9 Å². The predicted octanol–water partition coefficient (Wildman–Crippen LogP) is 2.07. The van der Waals surface area contributed by atoms with Crippen LogP contribution in [0.3, 0.4) is 0 Å². The van der Waals surface area contributed by atoms with Crippen molar-refractivity contribution >= 4 is 20.4 Å². The first kappa shape index (κ1) is 14.6. The first-order valence-electron chi connectivity index (χ1n) is 4.86. The second kappa shape index (κ2) is 5.10. The summed E-state index contributed by atoms with van der Waals surface area (Å²) in [5.74, 6) is 2.70. The molecular weight excluding hydrogens is 212 g/mol. The monoisotopic (exact) mass is 240 g/mol. The smallest absolute Gasteiger partial charge is 0.00253 e. The first-order valence-corrected chi connectivity index (χ1v) is 10.0. The fourth-order valence-corrected chi connectivity index (χ4v) is 4.77.